The molecule has 5 heteroatoms. The maximum Gasteiger partial charge on any atom is 0.147 e. The fourth-order valence-electron chi connectivity index (χ4n) is 1.28. The van der Waals surface area contributed by atoms with Crippen molar-refractivity contribution >= 4 is 39.0 Å². The molecule has 1 N–H and O–H groups in total. The topological polar surface area (TPSA) is 37.8 Å². The molecule has 0 aliphatic carbocycles. The summed E-state index contributed by atoms with van der Waals surface area (Å²) in [6, 6.07) is 1.99. The second-order valence-corrected chi connectivity index (χ2v) is 5.89. The lowest BCUT2D eigenvalue weighted by Crippen LogP contribution is -2.39. The fourth-order valence-corrected chi connectivity index (χ4v) is 2.13. The van der Waals surface area contributed by atoms with Gasteiger partial charge in [-0.2, -0.15) is 0 Å². The number of halogens is 1. The van der Waals surface area contributed by atoms with Gasteiger partial charge in [0.1, 0.15) is 12.1 Å². The number of hydrogen-bond acceptors (Lipinski definition) is 4. The zero-order valence-corrected chi connectivity index (χ0v) is 11.1. The Bertz CT molecular complexity index is 493. The molecule has 0 fully saturated rings. The smallest absolute Gasteiger partial charge is 0.147 e. The molecule has 0 aliphatic heterocycles. The van der Waals surface area contributed by atoms with Gasteiger partial charge in [-0.05, 0) is 32.2 Å². The first-order valence-electron chi connectivity index (χ1n) is 5.11. The van der Waals surface area contributed by atoms with E-state index in [0.717, 1.165) is 16.0 Å². The van der Waals surface area contributed by atoms with Gasteiger partial charge in [0, 0.05) is 5.54 Å². The summed E-state index contributed by atoms with van der Waals surface area (Å²) in [6.07, 6.45) is 1.58. The molecule has 0 aliphatic rings. The van der Waals surface area contributed by atoms with Gasteiger partial charge in [0.2, 0.25) is 0 Å². The summed E-state index contributed by atoms with van der Waals surface area (Å²) in [4.78, 5) is 8.48. The predicted molar refractivity (Wildman–Crippen MR) is 70.4 cm³/mol. The van der Waals surface area contributed by atoms with E-state index in [4.69, 9.17) is 11.6 Å². The quantitative estimate of drug-likeness (QED) is 0.853. The number of alkyl halides is 1. The van der Waals surface area contributed by atoms with Crippen molar-refractivity contribution in [2.24, 2.45) is 0 Å². The van der Waals surface area contributed by atoms with Crippen molar-refractivity contribution in [1.29, 1.82) is 0 Å². The molecule has 1 atom stereocenters. The summed E-state index contributed by atoms with van der Waals surface area (Å²) >= 11 is 7.78. The molecule has 1 unspecified atom stereocenters. The van der Waals surface area contributed by atoms with Crippen LogP contribution in [0.2, 0.25) is 0 Å². The number of rotatable bonds is 3. The molecule has 0 saturated carbocycles. The van der Waals surface area contributed by atoms with Crippen molar-refractivity contribution < 1.29 is 0 Å². The number of nitrogens with zero attached hydrogens (tertiary/aromatic N) is 2. The number of anilines is 1. The van der Waals surface area contributed by atoms with E-state index in [9.17, 15) is 0 Å². The van der Waals surface area contributed by atoms with Crippen molar-refractivity contribution in [2.75, 3.05) is 5.32 Å². The Hall–Kier alpha value is -0.870. The standard InChI is InChI=1S/C11H14ClN3S/c1-7(12)11(2,3)15-10-9-8(4-5-16-9)13-6-14-10/h4-7H,1-3H3,(H,13,14,15). The maximum absolute atomic E-state index is 6.14. The average Bonchev–Trinajstić information content (AvgIpc) is 2.65. The number of nitrogens with one attached hydrogen (secondary N) is 1. The van der Waals surface area contributed by atoms with Gasteiger partial charge in [0.05, 0.1) is 15.6 Å². The van der Waals surface area contributed by atoms with Gasteiger partial charge in [-0.15, -0.1) is 22.9 Å². The first kappa shape index (κ1) is 11.6. The van der Waals surface area contributed by atoms with Crippen molar-refractivity contribution in [3.05, 3.63) is 17.8 Å². The number of thiophene rings is 1. The predicted octanol–water partition coefficient (Wildman–Crippen LogP) is 3.51. The Morgan fingerprint density at radius 1 is 1.44 bits per heavy atom. The van der Waals surface area contributed by atoms with Crippen LogP contribution in [0.4, 0.5) is 5.82 Å². The molecule has 0 radical (unpaired) electrons. The van der Waals surface area contributed by atoms with E-state index in [1.54, 1.807) is 17.7 Å². The summed E-state index contributed by atoms with van der Waals surface area (Å²) in [6.45, 7) is 6.10. The molecule has 0 bridgehead atoms. The van der Waals surface area contributed by atoms with Crippen LogP contribution in [0.3, 0.4) is 0 Å². The van der Waals surface area contributed by atoms with Gasteiger partial charge in [-0.25, -0.2) is 9.97 Å². The van der Waals surface area contributed by atoms with Crippen molar-refractivity contribution in [3.8, 4) is 0 Å². The molecule has 3 nitrogen and oxygen atoms in total. The Labute approximate surface area is 104 Å². The van der Waals surface area contributed by atoms with Gasteiger partial charge >= 0.3 is 0 Å². The molecule has 0 aromatic carbocycles. The average molecular weight is 256 g/mol. The fraction of sp³-hybridized carbons (Fsp3) is 0.455. The molecule has 16 heavy (non-hydrogen) atoms. The Morgan fingerprint density at radius 3 is 2.88 bits per heavy atom. The lowest BCUT2D eigenvalue weighted by molar-refractivity contribution is 0.553. The number of aromatic nitrogens is 2. The van der Waals surface area contributed by atoms with E-state index in [-0.39, 0.29) is 10.9 Å². The molecule has 2 aromatic rings. The first-order chi connectivity index (χ1) is 7.50. The molecule has 0 amide bonds. The maximum atomic E-state index is 6.14. The zero-order valence-electron chi connectivity index (χ0n) is 9.49. The molecule has 2 aromatic heterocycles. The van der Waals surface area contributed by atoms with Crippen LogP contribution in [0.5, 0.6) is 0 Å². The Balaban J connectivity index is 2.37. The summed E-state index contributed by atoms with van der Waals surface area (Å²) < 4.78 is 1.08. The summed E-state index contributed by atoms with van der Waals surface area (Å²) in [5.74, 6) is 0.859. The Morgan fingerprint density at radius 2 is 2.19 bits per heavy atom. The third-order valence-electron chi connectivity index (χ3n) is 2.68. The summed E-state index contributed by atoms with van der Waals surface area (Å²) in [5.41, 5.74) is 0.771. The monoisotopic (exact) mass is 255 g/mol. The summed E-state index contributed by atoms with van der Waals surface area (Å²) in [5, 5.41) is 5.40. The lowest BCUT2D eigenvalue weighted by Gasteiger charge is -2.29. The van der Waals surface area contributed by atoms with Crippen LogP contribution in [0, 0.1) is 0 Å². The normalized spacial score (nSPS) is 14.0. The second-order valence-electron chi connectivity index (χ2n) is 4.32. The highest BCUT2D eigenvalue weighted by Gasteiger charge is 2.25. The van der Waals surface area contributed by atoms with Gasteiger partial charge < -0.3 is 5.32 Å². The molecule has 0 saturated heterocycles. The molecular weight excluding hydrogens is 242 g/mol. The van der Waals surface area contributed by atoms with E-state index < -0.39 is 0 Å². The van der Waals surface area contributed by atoms with Crippen LogP contribution in [0.25, 0.3) is 10.2 Å². The largest absolute Gasteiger partial charge is 0.362 e. The highest BCUT2D eigenvalue weighted by Crippen LogP contribution is 2.28. The van der Waals surface area contributed by atoms with Crippen LogP contribution in [-0.2, 0) is 0 Å². The van der Waals surface area contributed by atoms with Crippen molar-refractivity contribution in [2.45, 2.75) is 31.7 Å². The minimum Gasteiger partial charge on any atom is -0.362 e. The molecule has 0 spiro atoms. The molecule has 86 valence electrons. The van der Waals surface area contributed by atoms with Gasteiger partial charge in [0.25, 0.3) is 0 Å². The lowest BCUT2D eigenvalue weighted by atomic mass is 10.0. The summed E-state index contributed by atoms with van der Waals surface area (Å²) in [7, 11) is 0. The second kappa shape index (κ2) is 4.18. The van der Waals surface area contributed by atoms with Gasteiger partial charge in [0.15, 0.2) is 0 Å². The van der Waals surface area contributed by atoms with Crippen LogP contribution < -0.4 is 5.32 Å². The van der Waals surface area contributed by atoms with E-state index >= 15 is 0 Å². The zero-order chi connectivity index (χ0) is 11.8. The number of hydrogen-bond donors (Lipinski definition) is 1. The molecule has 2 rings (SSSR count). The van der Waals surface area contributed by atoms with Crippen molar-refractivity contribution in [1.82, 2.24) is 9.97 Å². The third kappa shape index (κ3) is 2.13. The van der Waals surface area contributed by atoms with Crippen LogP contribution >= 0.6 is 22.9 Å². The van der Waals surface area contributed by atoms with Crippen LogP contribution in [0.15, 0.2) is 17.8 Å². The van der Waals surface area contributed by atoms with Gasteiger partial charge in [-0.3, -0.25) is 0 Å². The highest BCUT2D eigenvalue weighted by molar-refractivity contribution is 7.17. The minimum absolute atomic E-state index is 0.0116. The van der Waals surface area contributed by atoms with Gasteiger partial charge in [-0.1, -0.05) is 0 Å². The molecular formula is C11H14ClN3S. The van der Waals surface area contributed by atoms with E-state index in [1.165, 1.54) is 0 Å². The molecule has 2 heterocycles. The van der Waals surface area contributed by atoms with E-state index in [1.807, 2.05) is 18.4 Å². The minimum atomic E-state index is -0.202. The van der Waals surface area contributed by atoms with E-state index in [2.05, 4.69) is 29.1 Å². The highest BCUT2D eigenvalue weighted by atomic mass is 35.5. The first-order valence-corrected chi connectivity index (χ1v) is 6.43. The van der Waals surface area contributed by atoms with Crippen molar-refractivity contribution in [3.63, 3.8) is 0 Å². The number of fused-ring (bicyclic) bond motifs is 1. The third-order valence-corrected chi connectivity index (χ3v) is 4.13. The van der Waals surface area contributed by atoms with Crippen LogP contribution in [0.1, 0.15) is 20.8 Å². The van der Waals surface area contributed by atoms with E-state index in [0.29, 0.717) is 0 Å². The SMILES string of the molecule is CC(Cl)C(C)(C)Nc1ncnc2ccsc12. The van der Waals surface area contributed by atoms with Crippen LogP contribution in [-0.4, -0.2) is 20.9 Å². The Kier molecular flexibility index (Phi) is 3.04.